The van der Waals surface area contributed by atoms with E-state index in [1.54, 1.807) is 11.3 Å². The standard InChI is InChI=1S/C18H22ClN5OS/c1-22(10-11-25)15-6-8-23(9-7-15)18-21-24-12-16(20-17(24)26-18)13-2-4-14(19)5-3-13/h2-5,12,15,25H,6-11H2,1H3. The van der Waals surface area contributed by atoms with E-state index >= 15 is 0 Å². The van der Waals surface area contributed by atoms with Gasteiger partial charge < -0.3 is 14.9 Å². The average Bonchev–Trinajstić information content (AvgIpc) is 3.22. The van der Waals surface area contributed by atoms with Crippen molar-refractivity contribution in [3.63, 3.8) is 0 Å². The van der Waals surface area contributed by atoms with Crippen molar-refractivity contribution < 1.29 is 5.11 Å². The lowest BCUT2D eigenvalue weighted by Crippen LogP contribution is -2.44. The Bertz CT molecular complexity index is 838. The molecule has 8 heteroatoms. The number of imidazole rings is 1. The molecule has 1 N–H and O–H groups in total. The first kappa shape index (κ1) is 17.7. The van der Waals surface area contributed by atoms with Crippen molar-refractivity contribution in [2.75, 3.05) is 38.2 Å². The van der Waals surface area contributed by atoms with Crippen LogP contribution in [0.4, 0.5) is 5.13 Å². The predicted molar refractivity (Wildman–Crippen MR) is 106 cm³/mol. The third-order valence-electron chi connectivity index (χ3n) is 4.98. The molecule has 26 heavy (non-hydrogen) atoms. The summed E-state index contributed by atoms with van der Waals surface area (Å²) >= 11 is 7.58. The summed E-state index contributed by atoms with van der Waals surface area (Å²) in [6.07, 6.45) is 4.16. The summed E-state index contributed by atoms with van der Waals surface area (Å²) < 4.78 is 1.87. The minimum Gasteiger partial charge on any atom is -0.395 e. The van der Waals surface area contributed by atoms with Crippen LogP contribution in [0, 0.1) is 0 Å². The van der Waals surface area contributed by atoms with Crippen molar-refractivity contribution in [1.82, 2.24) is 19.5 Å². The number of anilines is 1. The Morgan fingerprint density at radius 2 is 2.00 bits per heavy atom. The highest BCUT2D eigenvalue weighted by molar-refractivity contribution is 7.20. The average molecular weight is 392 g/mol. The lowest BCUT2D eigenvalue weighted by molar-refractivity contribution is 0.161. The quantitative estimate of drug-likeness (QED) is 0.724. The molecule has 0 atom stereocenters. The first-order valence-corrected chi connectivity index (χ1v) is 10.0. The second-order valence-corrected chi connectivity index (χ2v) is 8.04. The molecule has 1 aromatic carbocycles. The van der Waals surface area contributed by atoms with E-state index in [0.717, 1.165) is 58.8 Å². The van der Waals surface area contributed by atoms with Crippen LogP contribution < -0.4 is 4.90 Å². The molecule has 1 fully saturated rings. The van der Waals surface area contributed by atoms with Gasteiger partial charge in [-0.1, -0.05) is 35.1 Å². The molecule has 2 aromatic heterocycles. The topological polar surface area (TPSA) is 56.9 Å². The number of hydrogen-bond donors (Lipinski definition) is 1. The van der Waals surface area contributed by atoms with Crippen LogP contribution in [-0.4, -0.2) is 63.9 Å². The fourth-order valence-corrected chi connectivity index (χ4v) is 4.48. The number of benzene rings is 1. The molecule has 0 spiro atoms. The molecule has 0 aliphatic carbocycles. The molecule has 4 rings (SSSR count). The lowest BCUT2D eigenvalue weighted by atomic mass is 10.0. The summed E-state index contributed by atoms with van der Waals surface area (Å²) in [5.41, 5.74) is 1.96. The van der Waals surface area contributed by atoms with Gasteiger partial charge in [-0.15, -0.1) is 5.10 Å². The highest BCUT2D eigenvalue weighted by Crippen LogP contribution is 2.29. The van der Waals surface area contributed by atoms with Crippen LogP contribution in [0.2, 0.25) is 5.02 Å². The summed E-state index contributed by atoms with van der Waals surface area (Å²) in [6.45, 7) is 2.93. The molecule has 6 nitrogen and oxygen atoms in total. The Kier molecular flexibility index (Phi) is 5.13. The predicted octanol–water partition coefficient (Wildman–Crippen LogP) is 3.00. The fourth-order valence-electron chi connectivity index (χ4n) is 3.42. The summed E-state index contributed by atoms with van der Waals surface area (Å²) in [6, 6.07) is 8.24. The van der Waals surface area contributed by atoms with Crippen molar-refractivity contribution in [2.45, 2.75) is 18.9 Å². The van der Waals surface area contributed by atoms with E-state index in [2.05, 4.69) is 16.8 Å². The number of hydrogen-bond acceptors (Lipinski definition) is 6. The van der Waals surface area contributed by atoms with E-state index < -0.39 is 0 Å². The molecule has 0 radical (unpaired) electrons. The highest BCUT2D eigenvalue weighted by atomic mass is 35.5. The molecule has 0 amide bonds. The molecule has 3 aromatic rings. The van der Waals surface area contributed by atoms with Crippen molar-refractivity contribution in [3.8, 4) is 11.3 Å². The maximum Gasteiger partial charge on any atom is 0.214 e. The van der Waals surface area contributed by atoms with Gasteiger partial charge in [0.05, 0.1) is 18.5 Å². The van der Waals surface area contributed by atoms with Gasteiger partial charge in [0.15, 0.2) is 0 Å². The first-order chi connectivity index (χ1) is 12.6. The number of rotatable bonds is 5. The number of aliphatic hydroxyl groups excluding tert-OH is 1. The molecule has 3 heterocycles. The number of nitrogens with zero attached hydrogens (tertiary/aromatic N) is 5. The Balaban J connectivity index is 1.46. The zero-order valence-corrected chi connectivity index (χ0v) is 16.2. The number of aromatic nitrogens is 3. The highest BCUT2D eigenvalue weighted by Gasteiger charge is 2.24. The monoisotopic (exact) mass is 391 g/mol. The summed E-state index contributed by atoms with van der Waals surface area (Å²) in [5, 5.41) is 15.6. The third kappa shape index (κ3) is 3.57. The van der Waals surface area contributed by atoms with E-state index in [0.29, 0.717) is 6.04 Å². The van der Waals surface area contributed by atoms with Crippen LogP contribution in [0.3, 0.4) is 0 Å². The SMILES string of the molecule is CN(CCO)C1CCN(c2nn3cc(-c4ccc(Cl)cc4)nc3s2)CC1. The van der Waals surface area contributed by atoms with E-state index in [1.165, 1.54) is 0 Å². The van der Waals surface area contributed by atoms with Gasteiger partial charge in [0, 0.05) is 36.3 Å². The van der Waals surface area contributed by atoms with Gasteiger partial charge in [0.2, 0.25) is 10.1 Å². The molecule has 0 bridgehead atoms. The Hall–Kier alpha value is -1.67. The van der Waals surface area contributed by atoms with Gasteiger partial charge in [0.1, 0.15) is 0 Å². The zero-order valence-electron chi connectivity index (χ0n) is 14.7. The summed E-state index contributed by atoms with van der Waals surface area (Å²) in [5.74, 6) is 0. The van der Waals surface area contributed by atoms with Gasteiger partial charge in [-0.2, -0.15) is 0 Å². The van der Waals surface area contributed by atoms with Crippen LogP contribution in [0.15, 0.2) is 30.5 Å². The first-order valence-electron chi connectivity index (χ1n) is 8.82. The van der Waals surface area contributed by atoms with Crippen LogP contribution in [-0.2, 0) is 0 Å². The molecular formula is C18H22ClN5OS. The van der Waals surface area contributed by atoms with Crippen molar-refractivity contribution in [3.05, 3.63) is 35.5 Å². The summed E-state index contributed by atoms with van der Waals surface area (Å²) in [7, 11) is 2.09. The Morgan fingerprint density at radius 3 is 2.65 bits per heavy atom. The van der Waals surface area contributed by atoms with Gasteiger partial charge in [-0.05, 0) is 32.0 Å². The van der Waals surface area contributed by atoms with Gasteiger partial charge >= 0.3 is 0 Å². The number of piperidine rings is 1. The second-order valence-electron chi connectivity index (χ2n) is 6.67. The molecule has 1 aliphatic rings. The maximum absolute atomic E-state index is 9.10. The van der Waals surface area contributed by atoms with Crippen molar-refractivity contribution >= 4 is 33.0 Å². The van der Waals surface area contributed by atoms with Crippen molar-refractivity contribution in [2.24, 2.45) is 0 Å². The Morgan fingerprint density at radius 1 is 1.27 bits per heavy atom. The smallest absolute Gasteiger partial charge is 0.214 e. The van der Waals surface area contributed by atoms with Crippen LogP contribution in [0.1, 0.15) is 12.8 Å². The number of fused-ring (bicyclic) bond motifs is 1. The van der Waals surface area contributed by atoms with Gasteiger partial charge in [-0.3, -0.25) is 0 Å². The number of halogens is 1. The minimum atomic E-state index is 0.219. The Labute approximate surface area is 161 Å². The third-order valence-corrected chi connectivity index (χ3v) is 6.22. The van der Waals surface area contributed by atoms with E-state index in [4.69, 9.17) is 26.8 Å². The van der Waals surface area contributed by atoms with Gasteiger partial charge in [0.25, 0.3) is 0 Å². The van der Waals surface area contributed by atoms with Gasteiger partial charge in [-0.25, -0.2) is 9.50 Å². The van der Waals surface area contributed by atoms with Crippen LogP contribution in [0.25, 0.3) is 16.2 Å². The second kappa shape index (κ2) is 7.52. The molecule has 138 valence electrons. The van der Waals surface area contributed by atoms with E-state index in [1.807, 2.05) is 35.0 Å². The lowest BCUT2D eigenvalue weighted by Gasteiger charge is -2.36. The largest absolute Gasteiger partial charge is 0.395 e. The zero-order chi connectivity index (χ0) is 18.1. The number of aliphatic hydroxyl groups is 1. The summed E-state index contributed by atoms with van der Waals surface area (Å²) in [4.78, 5) is 10.2. The minimum absolute atomic E-state index is 0.219. The van der Waals surface area contributed by atoms with Crippen LogP contribution >= 0.6 is 22.9 Å². The van der Waals surface area contributed by atoms with E-state index in [-0.39, 0.29) is 6.61 Å². The van der Waals surface area contributed by atoms with Crippen molar-refractivity contribution in [1.29, 1.82) is 0 Å². The van der Waals surface area contributed by atoms with E-state index in [9.17, 15) is 0 Å². The maximum atomic E-state index is 9.10. The normalized spacial score (nSPS) is 16.1. The molecule has 1 saturated heterocycles. The fraction of sp³-hybridized carbons (Fsp3) is 0.444. The molecule has 0 saturated carbocycles. The number of likely N-dealkylation sites (N-methyl/N-ethyl adjacent to an activating group) is 1. The van der Waals surface area contributed by atoms with Crippen LogP contribution in [0.5, 0.6) is 0 Å². The molecule has 1 aliphatic heterocycles. The molecule has 0 unspecified atom stereocenters. The molecular weight excluding hydrogens is 370 g/mol.